The van der Waals surface area contributed by atoms with Gasteiger partial charge in [-0.25, -0.2) is 0 Å². The van der Waals surface area contributed by atoms with Gasteiger partial charge in [-0.1, -0.05) is 72.8 Å². The first kappa shape index (κ1) is 16.6. The maximum Gasteiger partial charge on any atom is 0.0890 e. The van der Waals surface area contributed by atoms with Crippen LogP contribution in [-0.4, -0.2) is 0 Å². The highest BCUT2D eigenvalue weighted by Crippen LogP contribution is 2.55. The minimum absolute atomic E-state index is 0.125. The van der Waals surface area contributed by atoms with Crippen LogP contribution in [-0.2, 0) is 6.42 Å². The van der Waals surface area contributed by atoms with Crippen molar-refractivity contribution in [1.82, 2.24) is 0 Å². The van der Waals surface area contributed by atoms with E-state index in [1.54, 1.807) is 0 Å². The number of hydrogen-bond donors (Lipinski definition) is 0. The van der Waals surface area contributed by atoms with Crippen LogP contribution in [0.5, 0.6) is 0 Å². The van der Waals surface area contributed by atoms with Gasteiger partial charge in [0.25, 0.3) is 0 Å². The number of anilines is 1. The van der Waals surface area contributed by atoms with Crippen LogP contribution in [0, 0.1) is 34.5 Å². The Balaban J connectivity index is 1.82. The Bertz CT molecular complexity index is 1110. The van der Waals surface area contributed by atoms with Gasteiger partial charge in [0, 0.05) is 5.69 Å². The third-order valence-corrected chi connectivity index (χ3v) is 6.13. The predicted octanol–water partition coefficient (Wildman–Crippen LogP) is 5.17. The van der Waals surface area contributed by atoms with Crippen molar-refractivity contribution in [3.63, 3.8) is 0 Å². The molecule has 2 aliphatic heterocycles. The fraction of sp³-hybridized carbons (Fsp3) is 0.200. The molecule has 134 valence electrons. The molecule has 0 bridgehead atoms. The van der Waals surface area contributed by atoms with Crippen molar-refractivity contribution >= 4 is 5.69 Å². The Morgan fingerprint density at radius 2 is 1.29 bits per heavy atom. The van der Waals surface area contributed by atoms with E-state index in [0.717, 1.165) is 17.7 Å². The van der Waals surface area contributed by atoms with Gasteiger partial charge in [-0.3, -0.25) is 0 Å². The molecular weight excluding hydrogens is 342 g/mol. The lowest BCUT2D eigenvalue weighted by atomic mass is 9.83. The summed E-state index contributed by atoms with van der Waals surface area (Å²) in [6.07, 6.45) is 0.843. The Morgan fingerprint density at radius 3 is 2.04 bits per heavy atom. The number of hydrogen-bond acceptors (Lipinski definition) is 3. The first-order valence-electron chi connectivity index (χ1n) is 9.61. The monoisotopic (exact) mass is 361 g/mol. The molecule has 3 nitrogen and oxygen atoms in total. The molecule has 0 N–H and O–H groups in total. The molecule has 0 unspecified atom stereocenters. The molecule has 3 aromatic rings. The van der Waals surface area contributed by atoms with E-state index in [4.69, 9.17) is 0 Å². The molecule has 28 heavy (non-hydrogen) atoms. The maximum absolute atomic E-state index is 10.1. The smallest absolute Gasteiger partial charge is 0.0890 e. The molecule has 0 aliphatic carbocycles. The average molecular weight is 361 g/mol. The Hall–Kier alpha value is -3.56. The number of benzene rings is 3. The van der Waals surface area contributed by atoms with Gasteiger partial charge in [-0.15, -0.1) is 0 Å². The molecule has 1 saturated heterocycles. The minimum atomic E-state index is -0.392. The summed E-state index contributed by atoms with van der Waals surface area (Å²) in [4.78, 5) is 2.35. The van der Waals surface area contributed by atoms with Crippen molar-refractivity contribution in [3.8, 4) is 12.1 Å². The van der Waals surface area contributed by atoms with Crippen LogP contribution in [0.2, 0.25) is 0 Å². The van der Waals surface area contributed by atoms with Crippen LogP contribution < -0.4 is 4.90 Å². The first-order chi connectivity index (χ1) is 13.8. The second-order valence-corrected chi connectivity index (χ2v) is 7.52. The second-order valence-electron chi connectivity index (χ2n) is 7.52. The summed E-state index contributed by atoms with van der Waals surface area (Å²) in [5.74, 6) is -0.779. The zero-order chi connectivity index (χ0) is 19.1. The number of nitriles is 2. The van der Waals surface area contributed by atoms with Crippen LogP contribution in [0.25, 0.3) is 0 Å². The number of fused-ring (bicyclic) bond motifs is 5. The van der Waals surface area contributed by atoms with E-state index in [-0.39, 0.29) is 18.0 Å². The Labute approximate surface area is 165 Å². The van der Waals surface area contributed by atoms with Crippen molar-refractivity contribution in [2.75, 3.05) is 4.90 Å². The highest BCUT2D eigenvalue weighted by molar-refractivity contribution is 5.64. The van der Waals surface area contributed by atoms with E-state index in [0.29, 0.717) is 0 Å². The zero-order valence-corrected chi connectivity index (χ0v) is 15.4. The maximum atomic E-state index is 10.1. The molecule has 3 aromatic carbocycles. The zero-order valence-electron chi connectivity index (χ0n) is 15.4. The standard InChI is InChI=1S/C25H19N3/c26-15-21-22(16-27)25-20-12-6-4-10-18(20)14-19-11-5-7-13-23(19)28(25)24(21)17-8-2-1-3-9-17/h1-13,21-22,24-25H,14H2/t21-,22-,24+,25-/m1/s1. The van der Waals surface area contributed by atoms with Crippen molar-refractivity contribution in [3.05, 3.63) is 101 Å². The van der Waals surface area contributed by atoms with E-state index in [1.165, 1.54) is 16.7 Å². The molecule has 4 atom stereocenters. The lowest BCUT2D eigenvalue weighted by Gasteiger charge is -2.33. The van der Waals surface area contributed by atoms with Gasteiger partial charge in [-0.05, 0) is 34.7 Å². The summed E-state index contributed by atoms with van der Waals surface area (Å²) >= 11 is 0. The predicted molar refractivity (Wildman–Crippen MR) is 108 cm³/mol. The first-order valence-corrected chi connectivity index (χ1v) is 9.61. The van der Waals surface area contributed by atoms with Crippen LogP contribution in [0.3, 0.4) is 0 Å². The lowest BCUT2D eigenvalue weighted by Crippen LogP contribution is -2.28. The van der Waals surface area contributed by atoms with Crippen molar-refractivity contribution in [2.24, 2.45) is 11.8 Å². The molecular formula is C25H19N3. The fourth-order valence-electron chi connectivity index (χ4n) is 4.98. The summed E-state index contributed by atoms with van der Waals surface area (Å²) in [6, 6.07) is 31.7. The number of nitrogens with zero attached hydrogens (tertiary/aromatic N) is 3. The van der Waals surface area contributed by atoms with E-state index in [2.05, 4.69) is 71.6 Å². The van der Waals surface area contributed by atoms with Crippen LogP contribution in [0.15, 0.2) is 78.9 Å². The SMILES string of the molecule is N#C[C@@H]1[C@@H](C#N)[C@H](c2ccccc2)N2c3ccccc3Cc3ccccc3[C@H]12. The molecule has 0 aromatic heterocycles. The van der Waals surface area contributed by atoms with Crippen molar-refractivity contribution < 1.29 is 0 Å². The molecule has 2 aliphatic rings. The normalized spacial score (nSPS) is 24.9. The number of para-hydroxylation sites is 1. The van der Waals surface area contributed by atoms with Crippen LogP contribution in [0.4, 0.5) is 5.69 Å². The number of rotatable bonds is 1. The summed E-state index contributed by atoms with van der Waals surface area (Å²) < 4.78 is 0. The topological polar surface area (TPSA) is 50.8 Å². The van der Waals surface area contributed by atoms with E-state index in [9.17, 15) is 10.5 Å². The molecule has 3 heteroatoms. The molecule has 5 rings (SSSR count). The minimum Gasteiger partial charge on any atom is -0.354 e. The summed E-state index contributed by atoms with van der Waals surface area (Å²) in [5, 5.41) is 20.2. The third-order valence-electron chi connectivity index (χ3n) is 6.13. The van der Waals surface area contributed by atoms with E-state index >= 15 is 0 Å². The van der Waals surface area contributed by atoms with Gasteiger partial charge in [0.15, 0.2) is 0 Å². The Morgan fingerprint density at radius 1 is 0.679 bits per heavy atom. The molecule has 1 fully saturated rings. The van der Waals surface area contributed by atoms with Gasteiger partial charge in [-0.2, -0.15) is 10.5 Å². The van der Waals surface area contributed by atoms with Crippen molar-refractivity contribution in [1.29, 1.82) is 10.5 Å². The summed E-state index contributed by atoms with van der Waals surface area (Å²) in [6.45, 7) is 0. The van der Waals surface area contributed by atoms with Crippen LogP contribution in [0.1, 0.15) is 34.3 Å². The lowest BCUT2D eigenvalue weighted by molar-refractivity contribution is 0.511. The van der Waals surface area contributed by atoms with Gasteiger partial charge in [0.1, 0.15) is 0 Å². The quantitative estimate of drug-likeness (QED) is 0.600. The van der Waals surface area contributed by atoms with Gasteiger partial charge >= 0.3 is 0 Å². The van der Waals surface area contributed by atoms with E-state index in [1.807, 2.05) is 24.3 Å². The summed E-state index contributed by atoms with van der Waals surface area (Å²) in [7, 11) is 0. The van der Waals surface area contributed by atoms with Crippen LogP contribution >= 0.6 is 0 Å². The molecule has 0 amide bonds. The molecule has 0 saturated carbocycles. The molecule has 0 radical (unpaired) electrons. The van der Waals surface area contributed by atoms with E-state index < -0.39 is 5.92 Å². The average Bonchev–Trinajstić information content (AvgIpc) is 3.01. The second kappa shape index (κ2) is 6.55. The third kappa shape index (κ3) is 2.34. The Kier molecular flexibility index (Phi) is 3.89. The highest BCUT2D eigenvalue weighted by atomic mass is 15.2. The van der Waals surface area contributed by atoms with Crippen molar-refractivity contribution in [2.45, 2.75) is 18.5 Å². The summed E-state index contributed by atoms with van der Waals surface area (Å²) in [5.41, 5.74) is 5.88. The van der Waals surface area contributed by atoms with Gasteiger partial charge < -0.3 is 4.90 Å². The largest absolute Gasteiger partial charge is 0.354 e. The molecule has 2 heterocycles. The fourth-order valence-corrected chi connectivity index (χ4v) is 4.98. The van der Waals surface area contributed by atoms with Gasteiger partial charge in [0.2, 0.25) is 0 Å². The van der Waals surface area contributed by atoms with Gasteiger partial charge in [0.05, 0.1) is 36.1 Å². The molecule has 0 spiro atoms. The highest BCUT2D eigenvalue weighted by Gasteiger charge is 2.52.